The van der Waals surface area contributed by atoms with Crippen LogP contribution in [0.2, 0.25) is 0 Å². The van der Waals surface area contributed by atoms with Crippen LogP contribution >= 0.6 is 0 Å². The van der Waals surface area contributed by atoms with Crippen LogP contribution in [0.5, 0.6) is 5.75 Å². The zero-order valence-electron chi connectivity index (χ0n) is 21.2. The third-order valence-electron chi connectivity index (χ3n) is 7.30. The van der Waals surface area contributed by atoms with Gasteiger partial charge < -0.3 is 29.7 Å². The summed E-state index contributed by atoms with van der Waals surface area (Å²) in [6.45, 7) is 2.97. The zero-order valence-corrected chi connectivity index (χ0v) is 21.2. The summed E-state index contributed by atoms with van der Waals surface area (Å²) in [7, 11) is 1.61. The Morgan fingerprint density at radius 3 is 2.69 bits per heavy atom. The van der Waals surface area contributed by atoms with Crippen LogP contribution in [0.25, 0.3) is 0 Å². The molecule has 2 fully saturated rings. The molecule has 9 nitrogen and oxygen atoms in total. The second kappa shape index (κ2) is 11.3. The molecule has 3 amide bonds. The van der Waals surface area contributed by atoms with Crippen molar-refractivity contribution in [2.24, 2.45) is 5.92 Å². The lowest BCUT2D eigenvalue weighted by Crippen LogP contribution is -2.55. The van der Waals surface area contributed by atoms with Crippen LogP contribution in [-0.4, -0.2) is 77.3 Å². The van der Waals surface area contributed by atoms with Crippen molar-refractivity contribution in [3.05, 3.63) is 42.0 Å². The number of methoxy groups -OCH3 is 1. The SMILES string of the molecule is CCOC(=O)C12CC1/C=C/CCCCCN(Cc1ccc(OC)cc1)C(=O)N1CC(O)CC1C(=O)N2. The number of aliphatic hydroxyl groups excluding tert-OH is 1. The molecule has 36 heavy (non-hydrogen) atoms. The summed E-state index contributed by atoms with van der Waals surface area (Å²) >= 11 is 0. The maximum atomic E-state index is 13.7. The second-order valence-electron chi connectivity index (χ2n) is 9.88. The normalized spacial score (nSPS) is 29.8. The van der Waals surface area contributed by atoms with Gasteiger partial charge in [0, 0.05) is 32.0 Å². The number of benzene rings is 1. The van der Waals surface area contributed by atoms with Gasteiger partial charge in [0.2, 0.25) is 5.91 Å². The van der Waals surface area contributed by atoms with E-state index < -0.39 is 29.6 Å². The number of aliphatic hydroxyl groups is 1. The van der Waals surface area contributed by atoms with Crippen molar-refractivity contribution in [3.63, 3.8) is 0 Å². The van der Waals surface area contributed by atoms with Crippen molar-refractivity contribution >= 4 is 17.9 Å². The van der Waals surface area contributed by atoms with Gasteiger partial charge in [-0.3, -0.25) is 4.79 Å². The molecule has 4 rings (SSSR count). The summed E-state index contributed by atoms with van der Waals surface area (Å²) in [5, 5.41) is 13.3. The first kappa shape index (κ1) is 26.0. The lowest BCUT2D eigenvalue weighted by Gasteiger charge is -2.32. The van der Waals surface area contributed by atoms with Gasteiger partial charge in [0.05, 0.1) is 19.8 Å². The summed E-state index contributed by atoms with van der Waals surface area (Å²) in [6.07, 6.45) is 7.50. The molecular formula is C27H37N3O6. The van der Waals surface area contributed by atoms with E-state index in [1.807, 2.05) is 30.3 Å². The first-order chi connectivity index (χ1) is 17.4. The number of allylic oxidation sites excluding steroid dienone is 1. The van der Waals surface area contributed by atoms with Gasteiger partial charge in [0.25, 0.3) is 0 Å². The van der Waals surface area contributed by atoms with Crippen LogP contribution in [0, 0.1) is 5.92 Å². The minimum Gasteiger partial charge on any atom is -0.497 e. The molecule has 0 spiro atoms. The molecule has 0 bridgehead atoms. The molecule has 2 N–H and O–H groups in total. The highest BCUT2D eigenvalue weighted by atomic mass is 16.5. The standard InChI is InChI=1S/C27H37N3O6/c1-3-36-25(33)27-16-20(27)9-7-5-4-6-8-14-29(17-19-10-12-22(35-2)13-11-19)26(34)30-18-21(31)15-23(30)24(32)28-27/h7,9-13,20-21,23,31H,3-6,8,14-18H2,1-2H3,(H,28,32)/b9-7+. The third-order valence-corrected chi connectivity index (χ3v) is 7.30. The first-order valence-electron chi connectivity index (χ1n) is 12.9. The van der Waals surface area contributed by atoms with Crippen LogP contribution < -0.4 is 10.1 Å². The van der Waals surface area contributed by atoms with E-state index in [4.69, 9.17) is 9.47 Å². The molecule has 1 saturated carbocycles. The Hall–Kier alpha value is -3.07. The van der Waals surface area contributed by atoms with Gasteiger partial charge in [-0.25, -0.2) is 9.59 Å². The van der Waals surface area contributed by atoms with Gasteiger partial charge in [0.1, 0.15) is 17.3 Å². The van der Waals surface area contributed by atoms with E-state index in [2.05, 4.69) is 11.4 Å². The fourth-order valence-corrected chi connectivity index (χ4v) is 5.16. The monoisotopic (exact) mass is 499 g/mol. The zero-order chi connectivity index (χ0) is 25.7. The molecule has 2 aliphatic heterocycles. The Labute approximate surface area is 212 Å². The number of rotatable bonds is 5. The number of nitrogens with one attached hydrogen (secondary N) is 1. The highest BCUT2D eigenvalue weighted by molar-refractivity contribution is 5.95. The van der Waals surface area contributed by atoms with E-state index in [0.29, 0.717) is 19.5 Å². The van der Waals surface area contributed by atoms with Crippen LogP contribution in [0.3, 0.4) is 0 Å². The highest BCUT2D eigenvalue weighted by Gasteiger charge is 2.62. The van der Waals surface area contributed by atoms with E-state index in [9.17, 15) is 19.5 Å². The minimum atomic E-state index is -1.10. The molecule has 4 atom stereocenters. The maximum absolute atomic E-state index is 13.7. The van der Waals surface area contributed by atoms with Gasteiger partial charge in [-0.15, -0.1) is 0 Å². The summed E-state index contributed by atoms with van der Waals surface area (Å²) in [5.74, 6) is -0.269. The molecule has 0 radical (unpaired) electrons. The lowest BCUT2D eigenvalue weighted by molar-refractivity contribution is -0.149. The number of fused-ring (bicyclic) bond motifs is 2. The molecule has 1 aromatic rings. The predicted molar refractivity (Wildman–Crippen MR) is 133 cm³/mol. The number of carbonyl (C=O) groups excluding carboxylic acids is 3. The first-order valence-corrected chi connectivity index (χ1v) is 12.9. The minimum absolute atomic E-state index is 0.0752. The number of esters is 1. The molecule has 1 aliphatic carbocycles. The van der Waals surface area contributed by atoms with Crippen molar-refractivity contribution < 1.29 is 29.0 Å². The largest absolute Gasteiger partial charge is 0.497 e. The molecule has 4 unspecified atom stereocenters. The topological polar surface area (TPSA) is 108 Å². The van der Waals surface area contributed by atoms with Crippen molar-refractivity contribution in [2.75, 3.05) is 26.8 Å². The van der Waals surface area contributed by atoms with E-state index >= 15 is 0 Å². The summed E-state index contributed by atoms with van der Waals surface area (Å²) in [5.41, 5.74) is -0.151. The van der Waals surface area contributed by atoms with Crippen molar-refractivity contribution in [1.82, 2.24) is 15.1 Å². The van der Waals surface area contributed by atoms with E-state index in [1.54, 1.807) is 18.9 Å². The van der Waals surface area contributed by atoms with E-state index in [-0.39, 0.29) is 31.5 Å². The number of nitrogens with zero attached hydrogens (tertiary/aromatic N) is 2. The number of hydrogen-bond donors (Lipinski definition) is 2. The van der Waals surface area contributed by atoms with Crippen LogP contribution in [0.15, 0.2) is 36.4 Å². The lowest BCUT2D eigenvalue weighted by atomic mass is 10.1. The van der Waals surface area contributed by atoms with Gasteiger partial charge in [0.15, 0.2) is 0 Å². The second-order valence-corrected chi connectivity index (χ2v) is 9.88. The van der Waals surface area contributed by atoms with Crippen LogP contribution in [0.1, 0.15) is 51.0 Å². The Balaban J connectivity index is 1.58. The Kier molecular flexibility index (Phi) is 8.18. The summed E-state index contributed by atoms with van der Waals surface area (Å²) in [6, 6.07) is 6.42. The Bertz CT molecular complexity index is 980. The molecule has 2 heterocycles. The number of hydrogen-bond acceptors (Lipinski definition) is 6. The van der Waals surface area contributed by atoms with Crippen molar-refractivity contribution in [2.45, 2.75) is 69.7 Å². The van der Waals surface area contributed by atoms with Crippen LogP contribution in [-0.2, 0) is 20.9 Å². The molecule has 9 heteroatoms. The van der Waals surface area contributed by atoms with E-state index in [0.717, 1.165) is 37.0 Å². The molecule has 3 aliphatic rings. The van der Waals surface area contributed by atoms with Crippen molar-refractivity contribution in [1.29, 1.82) is 0 Å². The van der Waals surface area contributed by atoms with E-state index in [1.165, 1.54) is 4.90 Å². The molecule has 1 aromatic carbocycles. The molecule has 196 valence electrons. The molecular weight excluding hydrogens is 462 g/mol. The van der Waals surface area contributed by atoms with Gasteiger partial charge in [-0.05, 0) is 50.3 Å². The van der Waals surface area contributed by atoms with Gasteiger partial charge in [-0.1, -0.05) is 30.7 Å². The maximum Gasteiger partial charge on any atom is 0.332 e. The fraction of sp³-hybridized carbons (Fsp3) is 0.593. The van der Waals surface area contributed by atoms with Gasteiger partial charge >= 0.3 is 12.0 Å². The number of amides is 3. The summed E-state index contributed by atoms with van der Waals surface area (Å²) in [4.78, 5) is 43.2. The third kappa shape index (κ3) is 5.67. The Morgan fingerprint density at radius 2 is 1.97 bits per heavy atom. The number of carbonyl (C=O) groups is 3. The molecule has 1 saturated heterocycles. The fourth-order valence-electron chi connectivity index (χ4n) is 5.16. The highest BCUT2D eigenvalue weighted by Crippen LogP contribution is 2.46. The van der Waals surface area contributed by atoms with Gasteiger partial charge in [-0.2, -0.15) is 0 Å². The quantitative estimate of drug-likeness (QED) is 0.476. The average Bonchev–Trinajstić information content (AvgIpc) is 3.42. The predicted octanol–water partition coefficient (Wildman–Crippen LogP) is 2.62. The average molecular weight is 500 g/mol. The smallest absolute Gasteiger partial charge is 0.332 e. The molecule has 0 aromatic heterocycles. The summed E-state index contributed by atoms with van der Waals surface area (Å²) < 4.78 is 10.5. The number of ether oxygens (including phenoxy) is 2. The van der Waals surface area contributed by atoms with Crippen molar-refractivity contribution in [3.8, 4) is 5.75 Å². The van der Waals surface area contributed by atoms with Crippen LogP contribution in [0.4, 0.5) is 4.79 Å². The number of urea groups is 1. The Morgan fingerprint density at radius 1 is 1.19 bits per heavy atom.